The lowest BCUT2D eigenvalue weighted by atomic mass is 10.8. The van der Waals surface area contributed by atoms with E-state index in [1.165, 1.54) is 6.20 Å². The summed E-state index contributed by atoms with van der Waals surface area (Å²) in [6, 6.07) is 0. The van der Waals surface area contributed by atoms with Crippen LogP contribution in [0.1, 0.15) is 6.92 Å². The Hall–Kier alpha value is -1.06. The molecular weight excluding hydrogens is 108 g/mol. The summed E-state index contributed by atoms with van der Waals surface area (Å²) in [7, 11) is 0. The monoisotopic (exact) mass is 114 g/mol. The molecule has 0 N–H and O–H groups in total. The predicted octanol–water partition coefficient (Wildman–Crippen LogP) is 0.468. The van der Waals surface area contributed by atoms with Gasteiger partial charge in [0, 0.05) is 5.27 Å². The molecule has 1 heterocycles. The van der Waals surface area contributed by atoms with Crippen LogP contribution in [0.15, 0.2) is 10.7 Å². The summed E-state index contributed by atoms with van der Waals surface area (Å²) < 4.78 is 9.34. The molecule has 0 atom stereocenters. The van der Waals surface area contributed by atoms with Crippen LogP contribution in [0.3, 0.4) is 0 Å². The van der Waals surface area contributed by atoms with E-state index in [0.29, 0.717) is 12.6 Å². The van der Waals surface area contributed by atoms with Crippen LogP contribution in [-0.4, -0.2) is 17.0 Å². The highest BCUT2D eigenvalue weighted by Crippen LogP contribution is 2.02. The van der Waals surface area contributed by atoms with E-state index in [9.17, 15) is 0 Å². The van der Waals surface area contributed by atoms with Crippen LogP contribution in [0, 0.1) is 0 Å². The fraction of sp³-hybridized carbons (Fsp3) is 0.500. The minimum Gasteiger partial charge on any atom is -0.463 e. The van der Waals surface area contributed by atoms with Crippen LogP contribution in [0.25, 0.3) is 0 Å². The zero-order chi connectivity index (χ0) is 5.82. The molecule has 0 aliphatic heterocycles. The number of hydrogen-bond acceptors (Lipinski definition) is 4. The average Bonchev–Trinajstić information content (AvgIpc) is 2.19. The Labute approximate surface area is 46.4 Å². The highest BCUT2D eigenvalue weighted by molar-refractivity contribution is 4.91. The summed E-state index contributed by atoms with van der Waals surface area (Å²) >= 11 is 0. The first-order valence-corrected chi connectivity index (χ1v) is 2.33. The van der Waals surface area contributed by atoms with E-state index in [1.807, 2.05) is 6.92 Å². The quantitative estimate of drug-likeness (QED) is 0.560. The van der Waals surface area contributed by atoms with Gasteiger partial charge in [0.15, 0.2) is 0 Å². The van der Waals surface area contributed by atoms with E-state index in [4.69, 9.17) is 4.74 Å². The summed E-state index contributed by atoms with van der Waals surface area (Å²) in [6.07, 6.45) is 1.42. The van der Waals surface area contributed by atoms with Crippen LogP contribution < -0.4 is 4.74 Å². The second kappa shape index (κ2) is 2.30. The number of hydrogen-bond donors (Lipinski definition) is 0. The van der Waals surface area contributed by atoms with E-state index in [-0.39, 0.29) is 0 Å². The molecular formula is C4H6N2O2. The second-order valence-corrected chi connectivity index (χ2v) is 1.17. The Bertz CT molecular complexity index is 138. The van der Waals surface area contributed by atoms with Crippen LogP contribution >= 0.6 is 0 Å². The first-order chi connectivity index (χ1) is 3.93. The van der Waals surface area contributed by atoms with Gasteiger partial charge in [-0.2, -0.15) is 0 Å². The van der Waals surface area contributed by atoms with Gasteiger partial charge in [0.05, 0.1) is 6.61 Å². The number of ether oxygens (including phenoxy) is 1. The first-order valence-electron chi connectivity index (χ1n) is 2.33. The number of aromatic nitrogens is 2. The van der Waals surface area contributed by atoms with Crippen molar-refractivity contribution in [2.45, 2.75) is 6.92 Å². The summed E-state index contributed by atoms with van der Waals surface area (Å²) in [4.78, 5) is 0. The third-order valence-corrected chi connectivity index (χ3v) is 0.628. The molecule has 0 saturated heterocycles. The van der Waals surface area contributed by atoms with Crippen molar-refractivity contribution in [3.63, 3.8) is 0 Å². The van der Waals surface area contributed by atoms with Gasteiger partial charge in [-0.05, 0) is 6.92 Å². The minimum atomic E-state index is 0.368. The highest BCUT2D eigenvalue weighted by Gasteiger charge is 1.92. The van der Waals surface area contributed by atoms with Gasteiger partial charge in [-0.15, -0.1) is 5.10 Å². The summed E-state index contributed by atoms with van der Waals surface area (Å²) in [6.45, 7) is 2.44. The fourth-order valence-electron chi connectivity index (χ4n) is 0.364. The van der Waals surface area contributed by atoms with Gasteiger partial charge < -0.3 is 4.74 Å². The first kappa shape index (κ1) is 5.08. The molecule has 1 aromatic rings. The van der Waals surface area contributed by atoms with Gasteiger partial charge >= 0.3 is 5.95 Å². The van der Waals surface area contributed by atoms with Gasteiger partial charge in [0.1, 0.15) is 6.20 Å². The molecule has 0 amide bonds. The SMILES string of the molecule is CCOc1cnno1. The summed E-state index contributed by atoms with van der Waals surface area (Å²) in [5, 5.41) is 6.59. The molecule has 0 unspecified atom stereocenters. The Kier molecular flexibility index (Phi) is 1.46. The molecule has 0 fully saturated rings. The van der Waals surface area contributed by atoms with Crippen molar-refractivity contribution in [2.24, 2.45) is 0 Å². The maximum absolute atomic E-state index is 4.85. The van der Waals surface area contributed by atoms with Crippen LogP contribution in [-0.2, 0) is 0 Å². The Morgan fingerprint density at radius 1 is 1.88 bits per heavy atom. The molecule has 1 rings (SSSR count). The van der Waals surface area contributed by atoms with Gasteiger partial charge in [-0.3, -0.25) is 4.52 Å². The Morgan fingerprint density at radius 3 is 3.25 bits per heavy atom. The van der Waals surface area contributed by atoms with E-state index in [2.05, 4.69) is 14.9 Å². The molecule has 0 aromatic carbocycles. The van der Waals surface area contributed by atoms with Crippen molar-refractivity contribution in [2.75, 3.05) is 6.61 Å². The maximum Gasteiger partial charge on any atom is 0.332 e. The zero-order valence-corrected chi connectivity index (χ0v) is 4.50. The molecule has 8 heavy (non-hydrogen) atoms. The fourth-order valence-corrected chi connectivity index (χ4v) is 0.364. The second-order valence-electron chi connectivity index (χ2n) is 1.17. The van der Waals surface area contributed by atoms with Crippen molar-refractivity contribution in [1.29, 1.82) is 0 Å². The Morgan fingerprint density at radius 2 is 2.75 bits per heavy atom. The lowest BCUT2D eigenvalue weighted by Crippen LogP contribution is -1.87. The zero-order valence-electron chi connectivity index (χ0n) is 4.50. The predicted molar refractivity (Wildman–Crippen MR) is 25.5 cm³/mol. The molecule has 0 bridgehead atoms. The minimum absolute atomic E-state index is 0.368. The number of nitrogens with zero attached hydrogens (tertiary/aromatic N) is 2. The lowest BCUT2D eigenvalue weighted by Gasteiger charge is -1.89. The third kappa shape index (κ3) is 0.959. The standard InChI is InChI=1S/C4H6N2O2/c1-2-7-4-3-5-6-8-4/h3H,2H2,1H3. The van der Waals surface area contributed by atoms with Crippen LogP contribution in [0.5, 0.6) is 5.95 Å². The largest absolute Gasteiger partial charge is 0.463 e. The van der Waals surface area contributed by atoms with Crippen molar-refractivity contribution >= 4 is 0 Å². The van der Waals surface area contributed by atoms with Gasteiger partial charge in [0.2, 0.25) is 0 Å². The molecule has 1 aromatic heterocycles. The van der Waals surface area contributed by atoms with Crippen LogP contribution in [0.4, 0.5) is 0 Å². The van der Waals surface area contributed by atoms with E-state index in [1.54, 1.807) is 0 Å². The maximum atomic E-state index is 4.85. The van der Waals surface area contributed by atoms with Gasteiger partial charge in [-0.25, -0.2) is 0 Å². The molecule has 0 aliphatic rings. The molecule has 0 radical (unpaired) electrons. The van der Waals surface area contributed by atoms with E-state index >= 15 is 0 Å². The van der Waals surface area contributed by atoms with E-state index in [0.717, 1.165) is 0 Å². The highest BCUT2D eigenvalue weighted by atomic mass is 16.6. The topological polar surface area (TPSA) is 48.2 Å². The molecule has 4 heteroatoms. The van der Waals surface area contributed by atoms with Crippen LogP contribution in [0.2, 0.25) is 0 Å². The normalized spacial score (nSPS) is 9.12. The average molecular weight is 114 g/mol. The summed E-state index contributed by atoms with van der Waals surface area (Å²) in [5.41, 5.74) is 0. The molecule has 4 nitrogen and oxygen atoms in total. The number of rotatable bonds is 2. The van der Waals surface area contributed by atoms with Crippen molar-refractivity contribution in [3.8, 4) is 5.95 Å². The molecule has 0 saturated carbocycles. The van der Waals surface area contributed by atoms with Crippen molar-refractivity contribution < 1.29 is 9.26 Å². The van der Waals surface area contributed by atoms with Gasteiger partial charge in [-0.1, -0.05) is 0 Å². The third-order valence-electron chi connectivity index (χ3n) is 0.628. The smallest absolute Gasteiger partial charge is 0.332 e. The lowest BCUT2D eigenvalue weighted by molar-refractivity contribution is 0.221. The summed E-state index contributed by atoms with van der Waals surface area (Å²) in [5.74, 6) is 0.368. The molecule has 0 aliphatic carbocycles. The van der Waals surface area contributed by atoms with E-state index < -0.39 is 0 Å². The molecule has 0 spiro atoms. The van der Waals surface area contributed by atoms with Crippen molar-refractivity contribution in [1.82, 2.24) is 10.4 Å². The molecule has 44 valence electrons. The Balaban J connectivity index is 2.50. The van der Waals surface area contributed by atoms with Gasteiger partial charge in [0.25, 0.3) is 0 Å². The van der Waals surface area contributed by atoms with Crippen molar-refractivity contribution in [3.05, 3.63) is 6.20 Å².